The number of carbonyl (C=O) groups excluding carboxylic acids is 1. The Kier molecular flexibility index (Phi) is 5.17. The molecule has 4 nitrogen and oxygen atoms in total. The Bertz CT molecular complexity index is 1090. The molecule has 1 amide bonds. The Morgan fingerprint density at radius 3 is 2.54 bits per heavy atom. The van der Waals surface area contributed by atoms with Crippen molar-refractivity contribution in [3.8, 4) is 5.75 Å². The highest BCUT2D eigenvalue weighted by atomic mass is 32.1. The number of benzene rings is 2. The third-order valence-corrected chi connectivity index (χ3v) is 5.49. The lowest BCUT2D eigenvalue weighted by Gasteiger charge is -2.12. The molecule has 2 aromatic carbocycles. The van der Waals surface area contributed by atoms with E-state index in [1.165, 1.54) is 11.1 Å². The summed E-state index contributed by atoms with van der Waals surface area (Å²) in [6.45, 7) is 5.30. The fourth-order valence-electron chi connectivity index (χ4n) is 3.21. The summed E-state index contributed by atoms with van der Waals surface area (Å²) in [6, 6.07) is 19.9. The molecule has 0 atom stereocenters. The van der Waals surface area contributed by atoms with E-state index < -0.39 is 0 Å². The SMILES string of the molecule is CCOc1ccc(NC(=O)c2cc3sccc3n2Cc2ccc(C)cc2)cc1. The molecule has 1 N–H and O–H groups in total. The van der Waals surface area contributed by atoms with Crippen molar-refractivity contribution in [2.45, 2.75) is 20.4 Å². The summed E-state index contributed by atoms with van der Waals surface area (Å²) in [5.74, 6) is 0.684. The van der Waals surface area contributed by atoms with Crippen LogP contribution in [0.15, 0.2) is 66.0 Å². The van der Waals surface area contributed by atoms with Gasteiger partial charge in [-0.25, -0.2) is 0 Å². The van der Waals surface area contributed by atoms with Gasteiger partial charge >= 0.3 is 0 Å². The second-order valence-electron chi connectivity index (χ2n) is 6.68. The maximum Gasteiger partial charge on any atom is 0.272 e. The highest BCUT2D eigenvalue weighted by Crippen LogP contribution is 2.27. The number of hydrogen-bond acceptors (Lipinski definition) is 3. The molecule has 4 rings (SSSR count). The van der Waals surface area contributed by atoms with Crippen LogP contribution in [0.1, 0.15) is 28.5 Å². The summed E-state index contributed by atoms with van der Waals surface area (Å²) in [6.07, 6.45) is 0. The van der Waals surface area contributed by atoms with Gasteiger partial charge in [0, 0.05) is 12.2 Å². The molecule has 0 bridgehead atoms. The summed E-state index contributed by atoms with van der Waals surface area (Å²) < 4.78 is 8.66. The van der Waals surface area contributed by atoms with E-state index in [0.29, 0.717) is 18.8 Å². The van der Waals surface area contributed by atoms with Crippen molar-refractivity contribution in [3.63, 3.8) is 0 Å². The third kappa shape index (κ3) is 3.80. The molecule has 0 saturated heterocycles. The van der Waals surface area contributed by atoms with Crippen LogP contribution in [0.4, 0.5) is 5.69 Å². The van der Waals surface area contributed by atoms with E-state index in [1.54, 1.807) is 11.3 Å². The minimum atomic E-state index is -0.111. The van der Waals surface area contributed by atoms with E-state index in [4.69, 9.17) is 4.74 Å². The average molecular weight is 391 g/mol. The largest absolute Gasteiger partial charge is 0.494 e. The fourth-order valence-corrected chi connectivity index (χ4v) is 4.03. The van der Waals surface area contributed by atoms with Crippen LogP contribution in [-0.2, 0) is 6.54 Å². The number of thiophene rings is 1. The van der Waals surface area contributed by atoms with Gasteiger partial charge < -0.3 is 14.6 Å². The monoisotopic (exact) mass is 390 g/mol. The number of nitrogens with one attached hydrogen (secondary N) is 1. The van der Waals surface area contributed by atoms with Gasteiger partial charge in [0.05, 0.1) is 16.8 Å². The molecular weight excluding hydrogens is 368 g/mol. The lowest BCUT2D eigenvalue weighted by Crippen LogP contribution is -2.17. The number of hydrogen-bond donors (Lipinski definition) is 1. The summed E-state index contributed by atoms with van der Waals surface area (Å²) in [5.41, 5.74) is 4.90. The molecule has 0 aliphatic carbocycles. The van der Waals surface area contributed by atoms with Crippen molar-refractivity contribution in [1.29, 1.82) is 0 Å². The number of carbonyl (C=O) groups is 1. The molecule has 2 aromatic heterocycles. The molecule has 5 heteroatoms. The molecule has 0 unspecified atom stereocenters. The predicted molar refractivity (Wildman–Crippen MR) is 116 cm³/mol. The van der Waals surface area contributed by atoms with Crippen LogP contribution >= 0.6 is 11.3 Å². The average Bonchev–Trinajstić information content (AvgIpc) is 3.28. The van der Waals surface area contributed by atoms with Crippen molar-refractivity contribution in [3.05, 3.63) is 82.9 Å². The van der Waals surface area contributed by atoms with Crippen LogP contribution in [0, 0.1) is 6.92 Å². The van der Waals surface area contributed by atoms with Gasteiger partial charge in [-0.15, -0.1) is 11.3 Å². The van der Waals surface area contributed by atoms with Crippen LogP contribution in [-0.4, -0.2) is 17.1 Å². The normalized spacial score (nSPS) is 10.9. The van der Waals surface area contributed by atoms with Crippen LogP contribution in [0.5, 0.6) is 5.75 Å². The van der Waals surface area contributed by atoms with Crippen molar-refractivity contribution >= 4 is 33.1 Å². The van der Waals surface area contributed by atoms with Crippen molar-refractivity contribution < 1.29 is 9.53 Å². The fraction of sp³-hybridized carbons (Fsp3) is 0.174. The molecule has 0 saturated carbocycles. The molecule has 142 valence electrons. The molecule has 0 spiro atoms. The number of amides is 1. The van der Waals surface area contributed by atoms with Gasteiger partial charge in [0.15, 0.2) is 0 Å². The molecule has 0 aliphatic heterocycles. The second-order valence-corrected chi connectivity index (χ2v) is 7.63. The van der Waals surface area contributed by atoms with E-state index in [1.807, 2.05) is 37.3 Å². The molecule has 4 aromatic rings. The Morgan fingerprint density at radius 2 is 1.82 bits per heavy atom. The van der Waals surface area contributed by atoms with E-state index in [2.05, 4.69) is 52.5 Å². The van der Waals surface area contributed by atoms with Gasteiger partial charge in [-0.2, -0.15) is 0 Å². The van der Waals surface area contributed by atoms with Crippen molar-refractivity contribution in [1.82, 2.24) is 4.57 Å². The van der Waals surface area contributed by atoms with Crippen molar-refractivity contribution in [2.75, 3.05) is 11.9 Å². The quantitative estimate of drug-likeness (QED) is 0.458. The number of aryl methyl sites for hydroxylation is 1. The lowest BCUT2D eigenvalue weighted by atomic mass is 10.1. The molecule has 0 radical (unpaired) electrons. The summed E-state index contributed by atoms with van der Waals surface area (Å²) >= 11 is 1.65. The number of ether oxygens (including phenoxy) is 1. The summed E-state index contributed by atoms with van der Waals surface area (Å²) in [5, 5.41) is 5.06. The number of rotatable bonds is 6. The zero-order valence-corrected chi connectivity index (χ0v) is 16.8. The van der Waals surface area contributed by atoms with E-state index in [0.717, 1.165) is 21.7 Å². The molecule has 28 heavy (non-hydrogen) atoms. The first kappa shape index (κ1) is 18.3. The minimum absolute atomic E-state index is 0.111. The van der Waals surface area contributed by atoms with Crippen LogP contribution < -0.4 is 10.1 Å². The second kappa shape index (κ2) is 7.90. The molecule has 0 fully saturated rings. The highest BCUT2D eigenvalue weighted by Gasteiger charge is 2.17. The third-order valence-electron chi connectivity index (χ3n) is 4.64. The van der Waals surface area contributed by atoms with E-state index in [-0.39, 0.29) is 5.91 Å². The Morgan fingerprint density at radius 1 is 1.07 bits per heavy atom. The smallest absolute Gasteiger partial charge is 0.272 e. The zero-order valence-electron chi connectivity index (χ0n) is 15.9. The number of aromatic nitrogens is 1. The van der Waals surface area contributed by atoms with Gasteiger partial charge in [0.25, 0.3) is 5.91 Å². The Hall–Kier alpha value is -3.05. The Labute approximate surface area is 168 Å². The summed E-state index contributed by atoms with van der Waals surface area (Å²) in [7, 11) is 0. The molecule has 2 heterocycles. The first-order valence-electron chi connectivity index (χ1n) is 9.30. The first-order chi connectivity index (χ1) is 13.6. The topological polar surface area (TPSA) is 43.3 Å². The minimum Gasteiger partial charge on any atom is -0.494 e. The van der Waals surface area contributed by atoms with E-state index in [9.17, 15) is 4.79 Å². The summed E-state index contributed by atoms with van der Waals surface area (Å²) in [4.78, 5) is 13.0. The number of nitrogens with zero attached hydrogens (tertiary/aromatic N) is 1. The van der Waals surface area contributed by atoms with Crippen LogP contribution in [0.25, 0.3) is 10.2 Å². The van der Waals surface area contributed by atoms with Gasteiger partial charge in [-0.3, -0.25) is 4.79 Å². The van der Waals surface area contributed by atoms with Crippen molar-refractivity contribution in [2.24, 2.45) is 0 Å². The molecule has 0 aliphatic rings. The van der Waals surface area contributed by atoms with Crippen LogP contribution in [0.3, 0.4) is 0 Å². The highest BCUT2D eigenvalue weighted by molar-refractivity contribution is 7.17. The van der Waals surface area contributed by atoms with Gasteiger partial charge in [0.1, 0.15) is 11.4 Å². The van der Waals surface area contributed by atoms with E-state index >= 15 is 0 Å². The predicted octanol–water partition coefficient (Wildman–Crippen LogP) is 5.71. The Balaban J connectivity index is 1.61. The standard InChI is InChI=1S/C23H22N2O2S/c1-3-27-19-10-8-18(9-11-19)24-23(26)21-14-22-20(12-13-28-22)25(21)15-17-6-4-16(2)5-7-17/h4-14H,3,15H2,1-2H3,(H,24,26). The van der Waals surface area contributed by atoms with Crippen LogP contribution in [0.2, 0.25) is 0 Å². The van der Waals surface area contributed by atoms with Gasteiger partial charge in [0.2, 0.25) is 0 Å². The maximum atomic E-state index is 13.0. The zero-order chi connectivity index (χ0) is 19.5. The number of fused-ring (bicyclic) bond motifs is 1. The lowest BCUT2D eigenvalue weighted by molar-refractivity contribution is 0.101. The first-order valence-corrected chi connectivity index (χ1v) is 10.2. The number of anilines is 1. The van der Waals surface area contributed by atoms with Gasteiger partial charge in [-0.05, 0) is 61.2 Å². The van der Waals surface area contributed by atoms with Gasteiger partial charge in [-0.1, -0.05) is 29.8 Å². The molecular formula is C23H22N2O2S. The maximum absolute atomic E-state index is 13.0.